The van der Waals surface area contributed by atoms with Crippen LogP contribution < -0.4 is 5.32 Å². The van der Waals surface area contributed by atoms with E-state index >= 15 is 0 Å². The number of carbonyl (C=O) groups is 1. The normalized spacial score (nSPS) is 20.5. The van der Waals surface area contributed by atoms with Crippen LogP contribution in [0.5, 0.6) is 0 Å². The minimum atomic E-state index is -0.704. The number of benzene rings is 1. The lowest BCUT2D eigenvalue weighted by atomic mass is 9.95. The molecule has 0 aliphatic carbocycles. The summed E-state index contributed by atoms with van der Waals surface area (Å²) in [6.07, 6.45) is 1.03. The van der Waals surface area contributed by atoms with Gasteiger partial charge in [-0.25, -0.2) is 0 Å². The first kappa shape index (κ1) is 10.6. The molecule has 0 aromatic heterocycles. The van der Waals surface area contributed by atoms with Crippen LogP contribution >= 0.6 is 0 Å². The third-order valence-electron chi connectivity index (χ3n) is 3.42. The Morgan fingerprint density at radius 1 is 1.47 bits per heavy atom. The molecule has 17 heavy (non-hydrogen) atoms. The second kappa shape index (κ2) is 3.47. The van der Waals surface area contributed by atoms with Gasteiger partial charge in [-0.1, -0.05) is 6.07 Å². The number of carbonyl (C=O) groups excluding carboxylic acids is 1. The van der Waals surface area contributed by atoms with Crippen molar-refractivity contribution in [2.45, 2.75) is 18.9 Å². The number of hydrogen-bond acceptors (Lipinski definition) is 3. The van der Waals surface area contributed by atoms with Gasteiger partial charge >= 0.3 is 0 Å². The predicted molar refractivity (Wildman–Crippen MR) is 65.2 cm³/mol. The van der Waals surface area contributed by atoms with Gasteiger partial charge in [0.25, 0.3) is 5.91 Å². The maximum Gasteiger partial charge on any atom is 0.254 e. The highest BCUT2D eigenvalue weighted by molar-refractivity contribution is 5.96. The van der Waals surface area contributed by atoms with E-state index in [0.29, 0.717) is 18.7 Å². The summed E-state index contributed by atoms with van der Waals surface area (Å²) in [5, 5.41) is 12.9. The van der Waals surface area contributed by atoms with Crippen molar-refractivity contribution in [2.24, 2.45) is 0 Å². The van der Waals surface area contributed by atoms with Crippen LogP contribution in [-0.4, -0.2) is 41.1 Å². The van der Waals surface area contributed by atoms with E-state index in [4.69, 9.17) is 0 Å². The van der Waals surface area contributed by atoms with Crippen molar-refractivity contribution in [1.82, 2.24) is 4.90 Å². The van der Waals surface area contributed by atoms with E-state index in [1.165, 1.54) is 5.56 Å². The molecule has 2 heterocycles. The van der Waals surface area contributed by atoms with E-state index in [9.17, 15) is 9.90 Å². The Morgan fingerprint density at radius 2 is 2.24 bits per heavy atom. The number of amides is 1. The Morgan fingerprint density at radius 3 is 2.94 bits per heavy atom. The van der Waals surface area contributed by atoms with Crippen molar-refractivity contribution in [1.29, 1.82) is 0 Å². The Bertz CT molecular complexity index is 474. The second-order valence-corrected chi connectivity index (χ2v) is 5.21. The Balaban J connectivity index is 1.79. The predicted octanol–water partition coefficient (Wildman–Crippen LogP) is 0.861. The van der Waals surface area contributed by atoms with Gasteiger partial charge in [-0.15, -0.1) is 0 Å². The molecule has 1 amide bonds. The van der Waals surface area contributed by atoms with Crippen LogP contribution in [0.25, 0.3) is 0 Å². The maximum atomic E-state index is 12.1. The average molecular weight is 232 g/mol. The molecular formula is C13H16N2O2. The summed E-state index contributed by atoms with van der Waals surface area (Å²) in [5.41, 5.74) is 2.35. The first-order valence-corrected chi connectivity index (χ1v) is 5.94. The molecule has 0 atom stereocenters. The minimum Gasteiger partial charge on any atom is -0.386 e. The number of nitrogens with one attached hydrogen (secondary N) is 1. The summed E-state index contributed by atoms with van der Waals surface area (Å²) in [5.74, 6) is 0.00743. The molecule has 1 aromatic carbocycles. The molecule has 1 fully saturated rings. The summed E-state index contributed by atoms with van der Waals surface area (Å²) in [6, 6.07) is 5.80. The monoisotopic (exact) mass is 232 g/mol. The number of rotatable bonds is 1. The summed E-state index contributed by atoms with van der Waals surface area (Å²) in [6.45, 7) is 3.55. The fourth-order valence-corrected chi connectivity index (χ4v) is 2.53. The number of likely N-dealkylation sites (tertiary alicyclic amines) is 1. The first-order chi connectivity index (χ1) is 8.05. The SMILES string of the molecule is CC1(O)CN(C(=O)c2ccc3c(c2)NCC3)C1. The van der Waals surface area contributed by atoms with Crippen LogP contribution in [0.15, 0.2) is 18.2 Å². The van der Waals surface area contributed by atoms with Crippen LogP contribution in [-0.2, 0) is 6.42 Å². The average Bonchev–Trinajstić information content (AvgIpc) is 2.71. The third kappa shape index (κ3) is 1.78. The van der Waals surface area contributed by atoms with Gasteiger partial charge in [0.2, 0.25) is 0 Å². The van der Waals surface area contributed by atoms with E-state index < -0.39 is 5.60 Å². The van der Waals surface area contributed by atoms with Crippen LogP contribution in [0, 0.1) is 0 Å². The molecule has 90 valence electrons. The summed E-state index contributed by atoms with van der Waals surface area (Å²) >= 11 is 0. The topological polar surface area (TPSA) is 52.6 Å². The number of anilines is 1. The molecule has 1 aromatic rings. The summed E-state index contributed by atoms with van der Waals surface area (Å²) in [4.78, 5) is 13.8. The zero-order valence-corrected chi connectivity index (χ0v) is 9.86. The van der Waals surface area contributed by atoms with Crippen molar-refractivity contribution >= 4 is 11.6 Å². The molecule has 4 heteroatoms. The largest absolute Gasteiger partial charge is 0.386 e. The molecule has 2 aliphatic rings. The van der Waals surface area contributed by atoms with E-state index in [-0.39, 0.29) is 5.91 Å². The minimum absolute atomic E-state index is 0.00743. The van der Waals surface area contributed by atoms with Gasteiger partial charge in [-0.05, 0) is 31.0 Å². The van der Waals surface area contributed by atoms with Crippen molar-refractivity contribution in [3.05, 3.63) is 29.3 Å². The van der Waals surface area contributed by atoms with Gasteiger partial charge in [-0.2, -0.15) is 0 Å². The smallest absolute Gasteiger partial charge is 0.254 e. The van der Waals surface area contributed by atoms with Crippen molar-refractivity contribution in [2.75, 3.05) is 25.0 Å². The van der Waals surface area contributed by atoms with Crippen molar-refractivity contribution < 1.29 is 9.90 Å². The molecule has 0 saturated carbocycles. The highest BCUT2D eigenvalue weighted by Gasteiger charge is 2.39. The number of hydrogen-bond donors (Lipinski definition) is 2. The van der Waals surface area contributed by atoms with Crippen LogP contribution in [0.2, 0.25) is 0 Å². The molecule has 3 rings (SSSR count). The molecule has 1 saturated heterocycles. The Kier molecular flexibility index (Phi) is 2.16. The quantitative estimate of drug-likeness (QED) is 0.755. The second-order valence-electron chi connectivity index (χ2n) is 5.21. The van der Waals surface area contributed by atoms with Gasteiger partial charge in [-0.3, -0.25) is 4.79 Å². The highest BCUT2D eigenvalue weighted by atomic mass is 16.3. The van der Waals surface area contributed by atoms with Crippen molar-refractivity contribution in [3.8, 4) is 0 Å². The standard InChI is InChI=1S/C13H16N2O2/c1-13(17)7-15(8-13)12(16)10-3-2-9-4-5-14-11(9)6-10/h2-3,6,14,17H,4-5,7-8H2,1H3. The lowest BCUT2D eigenvalue weighted by Gasteiger charge is -2.44. The molecule has 0 bridgehead atoms. The number of fused-ring (bicyclic) bond motifs is 1. The van der Waals surface area contributed by atoms with Gasteiger partial charge in [0.1, 0.15) is 0 Å². The molecule has 2 aliphatic heterocycles. The molecule has 0 spiro atoms. The fraction of sp³-hybridized carbons (Fsp3) is 0.462. The van der Waals surface area contributed by atoms with E-state index in [1.54, 1.807) is 11.8 Å². The molecule has 0 unspecified atom stereocenters. The van der Waals surface area contributed by atoms with E-state index in [1.807, 2.05) is 18.2 Å². The summed E-state index contributed by atoms with van der Waals surface area (Å²) in [7, 11) is 0. The van der Waals surface area contributed by atoms with E-state index in [2.05, 4.69) is 5.32 Å². The number of aliphatic hydroxyl groups is 1. The maximum absolute atomic E-state index is 12.1. The van der Waals surface area contributed by atoms with Crippen LogP contribution in [0.4, 0.5) is 5.69 Å². The van der Waals surface area contributed by atoms with Crippen molar-refractivity contribution in [3.63, 3.8) is 0 Å². The molecule has 4 nitrogen and oxygen atoms in total. The summed E-state index contributed by atoms with van der Waals surface area (Å²) < 4.78 is 0. The first-order valence-electron chi connectivity index (χ1n) is 5.94. The van der Waals surface area contributed by atoms with Crippen LogP contribution in [0.1, 0.15) is 22.8 Å². The van der Waals surface area contributed by atoms with Gasteiger partial charge < -0.3 is 15.3 Å². The lowest BCUT2D eigenvalue weighted by Crippen LogP contribution is -2.61. The number of β-amino-alcohol motifs (C(OH)–C–C–N with tert-alkyl or cyclic N) is 1. The van der Waals surface area contributed by atoms with Gasteiger partial charge in [0, 0.05) is 17.8 Å². The Labute approximate surface area is 100 Å². The third-order valence-corrected chi connectivity index (χ3v) is 3.42. The zero-order valence-electron chi connectivity index (χ0n) is 9.86. The van der Waals surface area contributed by atoms with Gasteiger partial charge in [0.15, 0.2) is 0 Å². The lowest BCUT2D eigenvalue weighted by molar-refractivity contribution is -0.0668. The molecule has 0 radical (unpaired) electrons. The molecule has 2 N–H and O–H groups in total. The molecular weight excluding hydrogens is 216 g/mol. The van der Waals surface area contributed by atoms with E-state index in [0.717, 1.165) is 18.7 Å². The van der Waals surface area contributed by atoms with Crippen LogP contribution in [0.3, 0.4) is 0 Å². The Hall–Kier alpha value is -1.55. The number of nitrogens with zero attached hydrogens (tertiary/aromatic N) is 1. The van der Waals surface area contributed by atoms with Gasteiger partial charge in [0.05, 0.1) is 18.7 Å². The fourth-order valence-electron chi connectivity index (χ4n) is 2.53. The zero-order chi connectivity index (χ0) is 12.0. The highest BCUT2D eigenvalue weighted by Crippen LogP contribution is 2.26.